The minimum Gasteiger partial charge on any atom is -0.359 e. The number of aromatic nitrogens is 1. The molecule has 2 aliphatic rings. The van der Waals surface area contributed by atoms with Crippen molar-refractivity contribution in [3.8, 4) is 11.3 Å². The Balaban J connectivity index is 0.00000220. The van der Waals surface area contributed by atoms with Gasteiger partial charge in [0, 0.05) is 49.4 Å². The third-order valence-electron chi connectivity index (χ3n) is 7.20. The molecule has 2 saturated heterocycles. The van der Waals surface area contributed by atoms with E-state index in [0.717, 1.165) is 66.6 Å². The molecule has 0 bridgehead atoms. The molecule has 5 rings (SSSR count). The van der Waals surface area contributed by atoms with Gasteiger partial charge in [0.05, 0.1) is 27.7 Å². The molecule has 40 heavy (non-hydrogen) atoms. The van der Waals surface area contributed by atoms with Crippen molar-refractivity contribution >= 4 is 82.7 Å². The highest BCUT2D eigenvalue weighted by Crippen LogP contribution is 2.31. The number of thioether (sulfide) groups is 1. The van der Waals surface area contributed by atoms with E-state index in [4.69, 9.17) is 28.2 Å². The van der Waals surface area contributed by atoms with Gasteiger partial charge >= 0.3 is 0 Å². The van der Waals surface area contributed by atoms with E-state index in [9.17, 15) is 4.79 Å². The maximum absolute atomic E-state index is 12.6. The summed E-state index contributed by atoms with van der Waals surface area (Å²) >= 11 is 15.3. The number of amides is 1. The van der Waals surface area contributed by atoms with Crippen LogP contribution in [0.25, 0.3) is 11.3 Å². The number of nitrogens with zero attached hydrogens (tertiary/aromatic N) is 3. The molecule has 6 nitrogen and oxygen atoms in total. The Hall–Kier alpha value is -1.23. The van der Waals surface area contributed by atoms with Crippen LogP contribution in [0, 0.1) is 0 Å². The molecule has 3 heterocycles. The quantitative estimate of drug-likeness (QED) is 0.241. The summed E-state index contributed by atoms with van der Waals surface area (Å²) in [4.78, 5) is 22.1. The zero-order valence-electron chi connectivity index (χ0n) is 22.3. The SMILES string of the molecule is CN(c1cccc(-c2csc(SCC(=O)NC3CCN(Cc4ccc(Cl)c(Cl)c4)CC3)n2)c1)C1CCCN1.Cl.Cl. The number of hydrogen-bond donors (Lipinski definition) is 2. The summed E-state index contributed by atoms with van der Waals surface area (Å²) in [7, 11) is 2.14. The summed E-state index contributed by atoms with van der Waals surface area (Å²) in [5.74, 6) is 0.453. The summed E-state index contributed by atoms with van der Waals surface area (Å²) in [5.41, 5.74) is 4.41. The van der Waals surface area contributed by atoms with Crippen LogP contribution in [0.1, 0.15) is 31.2 Å². The molecule has 3 aromatic rings. The van der Waals surface area contributed by atoms with E-state index < -0.39 is 0 Å². The van der Waals surface area contributed by atoms with Crippen LogP contribution in [0.2, 0.25) is 10.0 Å². The van der Waals surface area contributed by atoms with E-state index in [1.807, 2.05) is 18.2 Å². The highest BCUT2D eigenvalue weighted by molar-refractivity contribution is 8.01. The predicted octanol–water partition coefficient (Wildman–Crippen LogP) is 6.98. The van der Waals surface area contributed by atoms with Crippen LogP contribution >= 0.6 is 71.1 Å². The van der Waals surface area contributed by atoms with Crippen molar-refractivity contribution in [1.82, 2.24) is 20.5 Å². The number of likely N-dealkylation sites (tertiary alicyclic amines) is 1. The fourth-order valence-corrected chi connectivity index (χ4v) is 7.01. The van der Waals surface area contributed by atoms with Gasteiger partial charge < -0.3 is 10.2 Å². The Morgan fingerprint density at radius 3 is 2.67 bits per heavy atom. The maximum atomic E-state index is 12.6. The molecule has 12 heteroatoms. The van der Waals surface area contributed by atoms with Crippen molar-refractivity contribution in [1.29, 1.82) is 0 Å². The van der Waals surface area contributed by atoms with Gasteiger partial charge in [0.25, 0.3) is 0 Å². The van der Waals surface area contributed by atoms with Crippen LogP contribution in [0.5, 0.6) is 0 Å². The Bertz CT molecular complexity index is 1250. The first-order valence-electron chi connectivity index (χ1n) is 13.1. The number of hydrogen-bond acceptors (Lipinski definition) is 7. The zero-order valence-corrected chi connectivity index (χ0v) is 27.1. The summed E-state index contributed by atoms with van der Waals surface area (Å²) in [5, 5.41) is 10.0. The van der Waals surface area contributed by atoms with Gasteiger partial charge in [0.2, 0.25) is 5.91 Å². The fourth-order valence-electron chi connectivity index (χ4n) is 5.05. The van der Waals surface area contributed by atoms with Gasteiger partial charge in [-0.1, -0.05) is 53.2 Å². The summed E-state index contributed by atoms with van der Waals surface area (Å²) in [6.07, 6.45) is 4.66. The average molecular weight is 664 g/mol. The van der Waals surface area contributed by atoms with Crippen molar-refractivity contribution < 1.29 is 4.79 Å². The standard InChI is InChI=1S/C28H33Cl2N5OS2.2ClH/c1-34(26-6-3-11-31-26)22-5-2-4-20(15-22)25-17-37-28(33-25)38-18-27(36)32-21-9-12-35(13-10-21)16-19-7-8-23(29)24(30)14-19;;/h2,4-5,7-8,14-15,17,21,26,31H,3,6,9-13,16,18H2,1H3,(H,32,36);2*1H. The number of piperidine rings is 1. The molecule has 218 valence electrons. The Morgan fingerprint density at radius 2 is 1.95 bits per heavy atom. The molecule has 0 aliphatic carbocycles. The largest absolute Gasteiger partial charge is 0.359 e. The van der Waals surface area contributed by atoms with E-state index in [2.05, 4.69) is 57.1 Å². The number of nitrogens with one attached hydrogen (secondary N) is 2. The van der Waals surface area contributed by atoms with Crippen molar-refractivity contribution in [2.75, 3.05) is 37.3 Å². The molecule has 1 aromatic heterocycles. The van der Waals surface area contributed by atoms with Crippen LogP contribution in [0.3, 0.4) is 0 Å². The van der Waals surface area contributed by atoms with Crippen molar-refractivity contribution in [2.24, 2.45) is 0 Å². The van der Waals surface area contributed by atoms with Gasteiger partial charge in [0.1, 0.15) is 0 Å². The summed E-state index contributed by atoms with van der Waals surface area (Å²) < 4.78 is 0.919. The number of carbonyl (C=O) groups is 1. The van der Waals surface area contributed by atoms with Crippen LogP contribution in [-0.4, -0.2) is 60.4 Å². The second-order valence-corrected chi connectivity index (χ2v) is 12.8. The first kappa shape index (κ1) is 33.3. The number of anilines is 1. The van der Waals surface area contributed by atoms with Crippen LogP contribution in [0.15, 0.2) is 52.2 Å². The number of halogens is 4. The number of thiazole rings is 1. The monoisotopic (exact) mass is 661 g/mol. The minimum atomic E-state index is 0. The average Bonchev–Trinajstić information content (AvgIpc) is 3.63. The summed E-state index contributed by atoms with van der Waals surface area (Å²) in [6, 6.07) is 14.6. The molecule has 0 radical (unpaired) electrons. The lowest BCUT2D eigenvalue weighted by atomic mass is 10.0. The molecule has 1 unspecified atom stereocenters. The first-order chi connectivity index (χ1) is 18.4. The molecule has 2 aliphatic heterocycles. The lowest BCUT2D eigenvalue weighted by Gasteiger charge is -2.32. The van der Waals surface area contributed by atoms with Gasteiger partial charge in [-0.15, -0.1) is 36.2 Å². The molecule has 2 fully saturated rings. The van der Waals surface area contributed by atoms with Crippen LogP contribution in [0.4, 0.5) is 5.69 Å². The Kier molecular flexibility index (Phi) is 13.2. The topological polar surface area (TPSA) is 60.5 Å². The lowest BCUT2D eigenvalue weighted by molar-refractivity contribution is -0.119. The molecule has 0 spiro atoms. The molecular weight excluding hydrogens is 628 g/mol. The van der Waals surface area contributed by atoms with E-state index in [0.29, 0.717) is 22.0 Å². The lowest BCUT2D eigenvalue weighted by Crippen LogP contribution is -2.44. The normalized spacial score (nSPS) is 17.6. The van der Waals surface area contributed by atoms with Crippen molar-refractivity contribution in [2.45, 2.75) is 48.8 Å². The van der Waals surface area contributed by atoms with Crippen molar-refractivity contribution in [3.63, 3.8) is 0 Å². The van der Waals surface area contributed by atoms with Gasteiger partial charge in [-0.2, -0.15) is 0 Å². The third-order valence-corrected chi connectivity index (χ3v) is 9.96. The molecule has 1 amide bonds. The molecule has 0 saturated carbocycles. The van der Waals surface area contributed by atoms with E-state index in [1.165, 1.54) is 23.9 Å². The van der Waals surface area contributed by atoms with Gasteiger partial charge in [-0.3, -0.25) is 15.0 Å². The van der Waals surface area contributed by atoms with Gasteiger partial charge in [-0.05, 0) is 62.1 Å². The zero-order chi connectivity index (χ0) is 26.5. The highest BCUT2D eigenvalue weighted by atomic mass is 35.5. The molecular formula is C28H35Cl4N5OS2. The number of carbonyl (C=O) groups excluding carboxylic acids is 1. The second-order valence-electron chi connectivity index (χ2n) is 9.93. The van der Waals surface area contributed by atoms with E-state index in [1.54, 1.807) is 11.3 Å². The Morgan fingerprint density at radius 1 is 1.15 bits per heavy atom. The molecule has 1 atom stereocenters. The second kappa shape index (κ2) is 15.8. The Labute approximate surface area is 267 Å². The number of benzene rings is 2. The molecule has 2 N–H and O–H groups in total. The first-order valence-corrected chi connectivity index (χ1v) is 15.7. The summed E-state index contributed by atoms with van der Waals surface area (Å²) in [6.45, 7) is 3.81. The van der Waals surface area contributed by atoms with E-state index in [-0.39, 0.29) is 36.8 Å². The fraction of sp³-hybridized carbons (Fsp3) is 0.429. The van der Waals surface area contributed by atoms with Gasteiger partial charge in [-0.25, -0.2) is 4.98 Å². The maximum Gasteiger partial charge on any atom is 0.230 e. The predicted molar refractivity (Wildman–Crippen MR) is 175 cm³/mol. The van der Waals surface area contributed by atoms with E-state index >= 15 is 0 Å². The third kappa shape index (κ3) is 8.88. The smallest absolute Gasteiger partial charge is 0.230 e. The number of rotatable bonds is 9. The van der Waals surface area contributed by atoms with Crippen molar-refractivity contribution in [3.05, 3.63) is 63.5 Å². The minimum absolute atomic E-state index is 0. The highest BCUT2D eigenvalue weighted by Gasteiger charge is 2.22. The van der Waals surface area contributed by atoms with Gasteiger partial charge in [0.15, 0.2) is 4.34 Å². The molecule has 2 aromatic carbocycles. The van der Waals surface area contributed by atoms with Crippen LogP contribution in [-0.2, 0) is 11.3 Å². The van der Waals surface area contributed by atoms with Crippen LogP contribution < -0.4 is 15.5 Å².